The van der Waals surface area contributed by atoms with Gasteiger partial charge in [0, 0.05) is 16.3 Å². The van der Waals surface area contributed by atoms with Crippen molar-refractivity contribution >= 4 is 44.9 Å². The number of hydrogen-bond acceptors (Lipinski definition) is 6. The molecular formula is C23H19ClN2O7S. The van der Waals surface area contributed by atoms with Crippen molar-refractivity contribution in [2.45, 2.75) is 11.0 Å². The van der Waals surface area contributed by atoms with E-state index in [1.807, 2.05) is 0 Å². The molecule has 2 N–H and O–H groups in total. The van der Waals surface area contributed by atoms with Gasteiger partial charge in [-0.3, -0.25) is 9.10 Å². The summed E-state index contributed by atoms with van der Waals surface area (Å²) in [5.74, 6) is -1.79. The summed E-state index contributed by atoms with van der Waals surface area (Å²) < 4.78 is 38.9. The second kappa shape index (κ2) is 9.24. The first kappa shape index (κ1) is 23.4. The van der Waals surface area contributed by atoms with Crippen LogP contribution in [0.2, 0.25) is 5.02 Å². The number of carbonyl (C=O) groups is 2. The van der Waals surface area contributed by atoms with Crippen molar-refractivity contribution in [3.05, 3.63) is 77.3 Å². The predicted molar refractivity (Wildman–Crippen MR) is 125 cm³/mol. The summed E-state index contributed by atoms with van der Waals surface area (Å²) in [5.41, 5.74) is 0.721. The number of amides is 1. The fourth-order valence-corrected chi connectivity index (χ4v) is 5.33. The predicted octanol–water partition coefficient (Wildman–Crippen LogP) is 3.64. The van der Waals surface area contributed by atoms with Crippen LogP contribution in [0.4, 0.5) is 11.4 Å². The van der Waals surface area contributed by atoms with E-state index in [1.54, 1.807) is 30.3 Å². The van der Waals surface area contributed by atoms with Crippen LogP contribution in [0.15, 0.2) is 71.6 Å². The fraction of sp³-hybridized carbons (Fsp3) is 0.130. The third-order valence-corrected chi connectivity index (χ3v) is 7.13. The number of para-hydroxylation sites is 1. The average Bonchev–Trinajstić information content (AvgIpc) is 2.83. The highest BCUT2D eigenvalue weighted by Crippen LogP contribution is 2.40. The Morgan fingerprint density at radius 2 is 1.85 bits per heavy atom. The number of carboxylic acid groups (broad SMARTS) is 1. The molecule has 1 atom stereocenters. The van der Waals surface area contributed by atoms with Gasteiger partial charge < -0.3 is 19.9 Å². The molecule has 9 nitrogen and oxygen atoms in total. The van der Waals surface area contributed by atoms with Crippen LogP contribution in [0.3, 0.4) is 0 Å². The van der Waals surface area contributed by atoms with E-state index < -0.39 is 34.5 Å². The molecule has 0 bridgehead atoms. The van der Waals surface area contributed by atoms with E-state index in [0.29, 0.717) is 5.69 Å². The van der Waals surface area contributed by atoms with Gasteiger partial charge in [0.15, 0.2) is 0 Å². The van der Waals surface area contributed by atoms with Crippen molar-refractivity contribution in [2.24, 2.45) is 0 Å². The van der Waals surface area contributed by atoms with E-state index in [0.717, 1.165) is 4.31 Å². The van der Waals surface area contributed by atoms with Gasteiger partial charge in [-0.25, -0.2) is 13.2 Å². The molecule has 1 aliphatic rings. The number of anilines is 2. The number of aliphatic carboxylic acids is 1. The molecule has 0 aliphatic carbocycles. The average molecular weight is 503 g/mol. The molecule has 1 heterocycles. The number of sulfonamides is 1. The number of rotatable bonds is 6. The lowest BCUT2D eigenvalue weighted by Gasteiger charge is -2.34. The highest BCUT2D eigenvalue weighted by Gasteiger charge is 2.39. The van der Waals surface area contributed by atoms with E-state index in [2.05, 4.69) is 5.32 Å². The largest absolute Gasteiger partial charge is 0.495 e. The van der Waals surface area contributed by atoms with Crippen LogP contribution in [-0.4, -0.2) is 45.2 Å². The Kier molecular flexibility index (Phi) is 6.36. The monoisotopic (exact) mass is 502 g/mol. The zero-order valence-electron chi connectivity index (χ0n) is 17.8. The van der Waals surface area contributed by atoms with Crippen LogP contribution in [0.1, 0.15) is 10.4 Å². The first-order valence-corrected chi connectivity index (χ1v) is 11.8. The molecule has 11 heteroatoms. The van der Waals surface area contributed by atoms with Gasteiger partial charge in [-0.05, 0) is 48.5 Å². The van der Waals surface area contributed by atoms with Gasteiger partial charge in [-0.1, -0.05) is 29.8 Å². The van der Waals surface area contributed by atoms with Crippen LogP contribution in [0.25, 0.3) is 0 Å². The van der Waals surface area contributed by atoms with Crippen molar-refractivity contribution in [1.29, 1.82) is 0 Å². The summed E-state index contributed by atoms with van der Waals surface area (Å²) >= 11 is 6.03. The van der Waals surface area contributed by atoms with Crippen molar-refractivity contribution < 1.29 is 32.6 Å². The maximum absolute atomic E-state index is 13.7. The molecule has 0 saturated carbocycles. The third-order valence-electron chi connectivity index (χ3n) is 5.09. The van der Waals surface area contributed by atoms with Crippen molar-refractivity contribution in [1.82, 2.24) is 0 Å². The minimum atomic E-state index is -4.36. The number of nitrogens with one attached hydrogen (secondary N) is 1. The molecule has 4 rings (SSSR count). The van der Waals surface area contributed by atoms with Crippen LogP contribution in [0.5, 0.6) is 11.5 Å². The first-order chi connectivity index (χ1) is 16.2. The zero-order valence-corrected chi connectivity index (χ0v) is 19.3. The third kappa shape index (κ3) is 4.50. The maximum atomic E-state index is 13.7. The summed E-state index contributed by atoms with van der Waals surface area (Å²) in [6.45, 7) is -0.524. The lowest BCUT2D eigenvalue weighted by molar-refractivity contribution is -0.144. The van der Waals surface area contributed by atoms with Gasteiger partial charge in [0.1, 0.15) is 16.4 Å². The molecule has 176 valence electrons. The summed E-state index contributed by atoms with van der Waals surface area (Å²) in [6, 6.07) is 16.9. The second-order valence-corrected chi connectivity index (χ2v) is 9.55. The van der Waals surface area contributed by atoms with Gasteiger partial charge in [0.2, 0.25) is 6.10 Å². The lowest BCUT2D eigenvalue weighted by Crippen LogP contribution is -2.47. The Bertz CT molecular complexity index is 1360. The number of carboxylic acids is 1. The quantitative estimate of drug-likeness (QED) is 0.527. The Labute approximate surface area is 200 Å². The van der Waals surface area contributed by atoms with Crippen LogP contribution >= 0.6 is 11.6 Å². The minimum absolute atomic E-state index is 0.000481. The molecule has 0 saturated heterocycles. The molecule has 0 aromatic heterocycles. The molecule has 0 fully saturated rings. The van der Waals surface area contributed by atoms with E-state index in [4.69, 9.17) is 21.1 Å². The number of benzene rings is 3. The van der Waals surface area contributed by atoms with Gasteiger partial charge in [0.05, 0.1) is 19.3 Å². The minimum Gasteiger partial charge on any atom is -0.495 e. The van der Waals surface area contributed by atoms with Crippen molar-refractivity contribution in [3.8, 4) is 11.5 Å². The zero-order chi connectivity index (χ0) is 24.5. The number of carbonyl (C=O) groups excluding carboxylic acids is 1. The Morgan fingerprint density at radius 1 is 1.12 bits per heavy atom. The summed E-state index contributed by atoms with van der Waals surface area (Å²) in [6.07, 6.45) is -1.46. The molecule has 3 aromatic carbocycles. The number of ether oxygens (including phenoxy) is 2. The Balaban J connectivity index is 1.79. The molecule has 34 heavy (non-hydrogen) atoms. The Hall–Kier alpha value is -3.76. The molecule has 1 aliphatic heterocycles. The number of methoxy groups -OCH3 is 1. The smallest absolute Gasteiger partial charge is 0.346 e. The molecule has 3 aromatic rings. The van der Waals surface area contributed by atoms with Crippen LogP contribution in [-0.2, 0) is 14.8 Å². The standard InChI is InChI=1S/C23H19ClN2O7S/c1-32-19-10-8-15(24)12-21(19)34(30,31)26-13-20(23(28)29)33-18-9-7-14(11-17(18)26)22(27)25-16-5-3-2-4-6-16/h2-12,20H,13H2,1H3,(H,25,27)(H,28,29)/t20-/m0/s1. The number of hydrogen-bond donors (Lipinski definition) is 2. The van der Waals surface area contributed by atoms with E-state index in [-0.39, 0.29) is 32.7 Å². The van der Waals surface area contributed by atoms with Gasteiger partial charge in [-0.15, -0.1) is 0 Å². The molecule has 0 unspecified atom stereocenters. The summed E-state index contributed by atoms with van der Waals surface area (Å²) in [5, 5.41) is 12.4. The topological polar surface area (TPSA) is 122 Å². The molecule has 0 radical (unpaired) electrons. The summed E-state index contributed by atoms with van der Waals surface area (Å²) in [4.78, 5) is 24.2. The van der Waals surface area contributed by atoms with Gasteiger partial charge >= 0.3 is 5.97 Å². The fourth-order valence-electron chi connectivity index (χ4n) is 3.44. The van der Waals surface area contributed by atoms with Crippen LogP contribution in [0, 0.1) is 0 Å². The van der Waals surface area contributed by atoms with E-state index in [1.165, 1.54) is 43.5 Å². The normalized spacial score (nSPS) is 15.1. The first-order valence-electron chi connectivity index (χ1n) is 9.97. The number of nitrogens with zero attached hydrogens (tertiary/aromatic N) is 1. The number of halogens is 1. The summed E-state index contributed by atoms with van der Waals surface area (Å²) in [7, 11) is -3.05. The van der Waals surface area contributed by atoms with Gasteiger partial charge in [-0.2, -0.15) is 0 Å². The molecule has 1 amide bonds. The van der Waals surface area contributed by atoms with E-state index in [9.17, 15) is 23.1 Å². The molecule has 0 spiro atoms. The van der Waals surface area contributed by atoms with Gasteiger partial charge in [0.25, 0.3) is 15.9 Å². The Morgan fingerprint density at radius 3 is 2.53 bits per heavy atom. The highest BCUT2D eigenvalue weighted by atomic mass is 35.5. The molecular weight excluding hydrogens is 484 g/mol. The number of fused-ring (bicyclic) bond motifs is 1. The van der Waals surface area contributed by atoms with Crippen molar-refractivity contribution in [3.63, 3.8) is 0 Å². The maximum Gasteiger partial charge on any atom is 0.346 e. The highest BCUT2D eigenvalue weighted by molar-refractivity contribution is 7.93. The van der Waals surface area contributed by atoms with Crippen molar-refractivity contribution in [2.75, 3.05) is 23.3 Å². The second-order valence-electron chi connectivity index (χ2n) is 7.28. The van der Waals surface area contributed by atoms with Crippen LogP contribution < -0.4 is 19.1 Å². The van der Waals surface area contributed by atoms with E-state index >= 15 is 0 Å². The lowest BCUT2D eigenvalue weighted by atomic mass is 10.1. The SMILES string of the molecule is COc1ccc(Cl)cc1S(=O)(=O)N1C[C@@H](C(=O)O)Oc2ccc(C(=O)Nc3ccccc3)cc21.